The van der Waals surface area contributed by atoms with Gasteiger partial charge >= 0.3 is 0 Å². The second-order valence-electron chi connectivity index (χ2n) is 2.65. The van der Waals surface area contributed by atoms with E-state index in [0.717, 1.165) is 12.1 Å². The summed E-state index contributed by atoms with van der Waals surface area (Å²) in [4.78, 5) is 13.0. The molecule has 0 aromatic heterocycles. The molecule has 0 amide bonds. The Bertz CT molecular complexity index is 399. The maximum Gasteiger partial charge on any atom is 0.235 e. The predicted octanol–water partition coefficient (Wildman–Crippen LogP) is 2.50. The van der Waals surface area contributed by atoms with Gasteiger partial charge in [-0.25, -0.2) is 18.0 Å². The van der Waals surface area contributed by atoms with Gasteiger partial charge in [0.05, 0.1) is 11.6 Å². The minimum atomic E-state index is -1.32. The van der Waals surface area contributed by atoms with Gasteiger partial charge in [0.1, 0.15) is 5.82 Å². The number of nitrogens with zero attached hydrogens (tertiary/aromatic N) is 1. The lowest BCUT2D eigenvalue weighted by Gasteiger charge is -2.07. The van der Waals surface area contributed by atoms with Crippen LogP contribution in [0.4, 0.5) is 13.2 Å². The van der Waals surface area contributed by atoms with Crippen molar-refractivity contribution < 1.29 is 18.0 Å². The molecule has 1 aromatic carbocycles. The number of benzene rings is 1. The van der Waals surface area contributed by atoms with Crippen LogP contribution in [0.15, 0.2) is 17.1 Å². The minimum Gasteiger partial charge on any atom is -0.211 e. The molecule has 0 N–H and O–H groups in total. The summed E-state index contributed by atoms with van der Waals surface area (Å²) in [6.07, 6.45) is 1.16. The summed E-state index contributed by atoms with van der Waals surface area (Å²) < 4.78 is 38.7. The van der Waals surface area contributed by atoms with Crippen molar-refractivity contribution in [2.75, 3.05) is 0 Å². The van der Waals surface area contributed by atoms with E-state index >= 15 is 0 Å². The van der Waals surface area contributed by atoms with E-state index in [9.17, 15) is 18.0 Å². The van der Waals surface area contributed by atoms with Crippen LogP contribution in [-0.2, 0) is 4.79 Å². The summed E-state index contributed by atoms with van der Waals surface area (Å²) in [5, 5.41) is 0. The molecule has 0 radical (unpaired) electrons. The van der Waals surface area contributed by atoms with Gasteiger partial charge in [-0.1, -0.05) is 0 Å². The van der Waals surface area contributed by atoms with Crippen LogP contribution < -0.4 is 0 Å². The SMILES string of the molecule is CC(N=C=O)c1c(F)ccc(F)c1F. The Morgan fingerprint density at radius 2 is 1.86 bits per heavy atom. The van der Waals surface area contributed by atoms with E-state index in [1.54, 1.807) is 0 Å². The van der Waals surface area contributed by atoms with Gasteiger partial charge in [0, 0.05) is 0 Å². The first-order valence-electron chi connectivity index (χ1n) is 3.78. The number of rotatable bonds is 2. The molecule has 1 aromatic rings. The van der Waals surface area contributed by atoms with Gasteiger partial charge in [-0.3, -0.25) is 0 Å². The fraction of sp³-hybridized carbons (Fsp3) is 0.222. The van der Waals surface area contributed by atoms with Gasteiger partial charge in [0.2, 0.25) is 6.08 Å². The Morgan fingerprint density at radius 3 is 2.43 bits per heavy atom. The number of isocyanates is 1. The van der Waals surface area contributed by atoms with Crippen molar-refractivity contribution in [3.05, 3.63) is 35.1 Å². The molecule has 0 bridgehead atoms. The Hall–Kier alpha value is -1.61. The highest BCUT2D eigenvalue weighted by atomic mass is 19.2. The highest BCUT2D eigenvalue weighted by molar-refractivity contribution is 5.36. The topological polar surface area (TPSA) is 29.4 Å². The van der Waals surface area contributed by atoms with Crippen molar-refractivity contribution in [2.24, 2.45) is 4.99 Å². The highest BCUT2D eigenvalue weighted by Gasteiger charge is 2.18. The monoisotopic (exact) mass is 201 g/mol. The van der Waals surface area contributed by atoms with Crippen LogP contribution in [0.5, 0.6) is 0 Å². The zero-order valence-electron chi connectivity index (χ0n) is 7.22. The van der Waals surface area contributed by atoms with E-state index in [4.69, 9.17) is 0 Å². The lowest BCUT2D eigenvalue weighted by Crippen LogP contribution is -2.01. The van der Waals surface area contributed by atoms with E-state index in [-0.39, 0.29) is 0 Å². The highest BCUT2D eigenvalue weighted by Crippen LogP contribution is 2.24. The van der Waals surface area contributed by atoms with Crippen molar-refractivity contribution >= 4 is 6.08 Å². The summed E-state index contributed by atoms with van der Waals surface area (Å²) in [6, 6.07) is 0.374. The summed E-state index contributed by atoms with van der Waals surface area (Å²) in [7, 11) is 0. The van der Waals surface area contributed by atoms with Crippen LogP contribution in [0.25, 0.3) is 0 Å². The Morgan fingerprint density at radius 1 is 1.29 bits per heavy atom. The number of carbonyl (C=O) groups excluding carboxylic acids is 1. The van der Waals surface area contributed by atoms with Crippen LogP contribution in [0.3, 0.4) is 0 Å². The smallest absolute Gasteiger partial charge is 0.211 e. The first-order chi connectivity index (χ1) is 6.57. The van der Waals surface area contributed by atoms with Crippen molar-refractivity contribution in [3.63, 3.8) is 0 Å². The third-order valence-corrected chi connectivity index (χ3v) is 1.74. The first-order valence-corrected chi connectivity index (χ1v) is 3.78. The molecule has 2 nitrogen and oxygen atoms in total. The summed E-state index contributed by atoms with van der Waals surface area (Å²) >= 11 is 0. The average Bonchev–Trinajstić information content (AvgIpc) is 2.13. The van der Waals surface area contributed by atoms with Crippen LogP contribution in [0, 0.1) is 17.5 Å². The molecule has 0 fully saturated rings. The predicted molar refractivity (Wildman–Crippen MR) is 42.9 cm³/mol. The van der Waals surface area contributed by atoms with Gasteiger partial charge in [-0.15, -0.1) is 0 Å². The van der Waals surface area contributed by atoms with Gasteiger partial charge in [-0.2, -0.15) is 4.99 Å². The fourth-order valence-corrected chi connectivity index (χ4v) is 1.07. The number of hydrogen-bond acceptors (Lipinski definition) is 2. The molecule has 0 saturated heterocycles. The number of hydrogen-bond donors (Lipinski definition) is 0. The van der Waals surface area contributed by atoms with Crippen molar-refractivity contribution in [2.45, 2.75) is 13.0 Å². The van der Waals surface area contributed by atoms with Gasteiger partial charge < -0.3 is 0 Å². The van der Waals surface area contributed by atoms with E-state index in [0.29, 0.717) is 6.07 Å². The zero-order valence-corrected chi connectivity index (χ0v) is 7.22. The maximum atomic E-state index is 13.0. The number of aliphatic imine (C=N–C) groups is 1. The Labute approximate surface area is 78.1 Å². The summed E-state index contributed by atoms with van der Waals surface area (Å²) in [5.41, 5.74) is -0.562. The first kappa shape index (κ1) is 10.5. The molecule has 74 valence electrons. The lowest BCUT2D eigenvalue weighted by molar-refractivity contribution is 0.469. The van der Waals surface area contributed by atoms with E-state index in [1.807, 2.05) is 0 Å². The average molecular weight is 201 g/mol. The molecule has 0 heterocycles. The molecule has 0 spiro atoms. The molecule has 1 unspecified atom stereocenters. The Kier molecular flexibility index (Phi) is 3.04. The largest absolute Gasteiger partial charge is 0.235 e. The van der Waals surface area contributed by atoms with E-state index < -0.39 is 29.1 Å². The second kappa shape index (κ2) is 4.07. The third kappa shape index (κ3) is 1.83. The number of halogens is 3. The van der Waals surface area contributed by atoms with Gasteiger partial charge in [0.25, 0.3) is 0 Å². The minimum absolute atomic E-state index is 0.562. The van der Waals surface area contributed by atoms with Crippen molar-refractivity contribution in [1.29, 1.82) is 0 Å². The van der Waals surface area contributed by atoms with Crippen LogP contribution >= 0.6 is 0 Å². The molecule has 5 heteroatoms. The van der Waals surface area contributed by atoms with E-state index in [2.05, 4.69) is 4.99 Å². The quantitative estimate of drug-likeness (QED) is 0.410. The third-order valence-electron chi connectivity index (χ3n) is 1.74. The standard InChI is InChI=1S/C9H6F3NO/c1-5(13-4-14)8-6(10)2-3-7(11)9(8)12/h2-3,5H,1H3. The molecule has 14 heavy (non-hydrogen) atoms. The summed E-state index contributed by atoms with van der Waals surface area (Å²) in [5.74, 6) is -3.43. The molecule has 1 rings (SSSR count). The molecular formula is C9H6F3NO. The van der Waals surface area contributed by atoms with Crippen LogP contribution in [-0.4, -0.2) is 6.08 Å². The van der Waals surface area contributed by atoms with Crippen LogP contribution in [0.2, 0.25) is 0 Å². The van der Waals surface area contributed by atoms with Gasteiger partial charge in [0.15, 0.2) is 11.6 Å². The fourth-order valence-electron chi connectivity index (χ4n) is 1.07. The van der Waals surface area contributed by atoms with Crippen LogP contribution in [0.1, 0.15) is 18.5 Å². The molecule has 1 atom stereocenters. The molecule has 0 aliphatic carbocycles. The summed E-state index contributed by atoms with van der Waals surface area (Å²) in [6.45, 7) is 1.27. The van der Waals surface area contributed by atoms with Gasteiger partial charge in [-0.05, 0) is 19.1 Å². The molecule has 0 aliphatic rings. The zero-order chi connectivity index (χ0) is 10.7. The van der Waals surface area contributed by atoms with Crippen molar-refractivity contribution in [3.8, 4) is 0 Å². The Balaban J connectivity index is 3.31. The second-order valence-corrected chi connectivity index (χ2v) is 2.65. The molecule has 0 aliphatic heterocycles. The lowest BCUT2D eigenvalue weighted by atomic mass is 10.1. The maximum absolute atomic E-state index is 13.0. The van der Waals surface area contributed by atoms with E-state index in [1.165, 1.54) is 6.92 Å². The normalized spacial score (nSPS) is 12.0. The molecule has 0 saturated carbocycles. The van der Waals surface area contributed by atoms with Crippen molar-refractivity contribution in [1.82, 2.24) is 0 Å². The molecular weight excluding hydrogens is 195 g/mol.